The summed E-state index contributed by atoms with van der Waals surface area (Å²) in [4.78, 5) is 17.8. The Balaban J connectivity index is 2.05. The minimum Gasteiger partial charge on any atom is -0.382 e. The summed E-state index contributed by atoms with van der Waals surface area (Å²) in [7, 11) is 0. The van der Waals surface area contributed by atoms with Gasteiger partial charge in [0.1, 0.15) is 16.9 Å². The average Bonchev–Trinajstić information content (AvgIpc) is 2.70. The topological polar surface area (TPSA) is 77.0 Å². The highest BCUT2D eigenvalue weighted by atomic mass is 19.1. The van der Waals surface area contributed by atoms with Gasteiger partial charge in [-0.25, -0.2) is 14.4 Å². The second kappa shape index (κ2) is 7.15. The maximum Gasteiger partial charge on any atom is 0.152 e. The van der Waals surface area contributed by atoms with E-state index in [4.69, 9.17) is 5.73 Å². The van der Waals surface area contributed by atoms with E-state index in [1.54, 1.807) is 30.7 Å². The Hall–Kier alpha value is -3.67. The molecule has 0 unspecified atom stereocenters. The Bertz CT molecular complexity index is 1200. The van der Waals surface area contributed by atoms with Gasteiger partial charge in [-0.15, -0.1) is 0 Å². The van der Waals surface area contributed by atoms with E-state index < -0.39 is 0 Å². The number of halogens is 1. The zero-order valence-electron chi connectivity index (χ0n) is 15.5. The van der Waals surface area contributed by atoms with Crippen molar-refractivity contribution in [2.75, 3.05) is 5.73 Å². The average molecular weight is 371 g/mol. The van der Waals surface area contributed by atoms with Crippen molar-refractivity contribution in [3.05, 3.63) is 66.2 Å². The Kier molecular flexibility index (Phi) is 4.53. The number of nitrogens with two attached hydrogens (primary N) is 1. The molecule has 0 amide bonds. The van der Waals surface area contributed by atoms with Crippen molar-refractivity contribution in [2.24, 2.45) is 4.99 Å². The number of fused-ring (bicyclic) bond motifs is 1. The van der Waals surface area contributed by atoms with E-state index >= 15 is 0 Å². The summed E-state index contributed by atoms with van der Waals surface area (Å²) in [5.74, 6) is -0.0217. The number of nitrogen functional groups attached to an aromatic ring is 1. The molecule has 0 aliphatic carbocycles. The molecule has 2 N–H and O–H groups in total. The highest BCUT2D eigenvalue weighted by Crippen LogP contribution is 2.38. The first-order valence-electron chi connectivity index (χ1n) is 8.84. The van der Waals surface area contributed by atoms with Crippen LogP contribution in [-0.2, 0) is 0 Å². The molecule has 0 atom stereocenters. The molecular formula is C22H18FN5. The van der Waals surface area contributed by atoms with Gasteiger partial charge in [-0.3, -0.25) is 9.98 Å². The molecule has 0 fully saturated rings. The van der Waals surface area contributed by atoms with Gasteiger partial charge in [0.15, 0.2) is 5.82 Å². The van der Waals surface area contributed by atoms with Crippen LogP contribution in [0.3, 0.4) is 0 Å². The largest absolute Gasteiger partial charge is 0.382 e. The summed E-state index contributed by atoms with van der Waals surface area (Å²) in [5.41, 5.74) is 12.4. The fraction of sp³-hybridized carbons (Fsp3) is 0.0909. The molecule has 0 aliphatic heterocycles. The van der Waals surface area contributed by atoms with Crippen LogP contribution in [0, 0.1) is 12.7 Å². The van der Waals surface area contributed by atoms with E-state index in [1.807, 2.05) is 32.0 Å². The lowest BCUT2D eigenvalue weighted by Gasteiger charge is -2.14. The first kappa shape index (κ1) is 17.7. The van der Waals surface area contributed by atoms with Crippen LogP contribution in [0.4, 0.5) is 15.9 Å². The quantitative estimate of drug-likeness (QED) is 0.508. The molecule has 0 saturated carbocycles. The van der Waals surface area contributed by atoms with E-state index in [-0.39, 0.29) is 11.6 Å². The number of rotatable bonds is 3. The van der Waals surface area contributed by atoms with Gasteiger partial charge in [0.05, 0.1) is 11.4 Å². The van der Waals surface area contributed by atoms with Crippen LogP contribution in [-0.4, -0.2) is 21.2 Å². The molecule has 2 aromatic heterocycles. The second-order valence-electron chi connectivity index (χ2n) is 6.37. The van der Waals surface area contributed by atoms with E-state index in [1.165, 1.54) is 12.1 Å². The number of aromatic nitrogens is 3. The number of aryl methyl sites for hydroxylation is 1. The molecule has 28 heavy (non-hydrogen) atoms. The molecule has 2 heterocycles. The predicted molar refractivity (Wildman–Crippen MR) is 111 cm³/mol. The van der Waals surface area contributed by atoms with Crippen LogP contribution >= 0.6 is 0 Å². The normalized spacial score (nSPS) is 11.4. The number of hydrogen-bond donors (Lipinski definition) is 1. The van der Waals surface area contributed by atoms with Crippen LogP contribution in [0.5, 0.6) is 0 Å². The van der Waals surface area contributed by atoms with Crippen LogP contribution in [0.2, 0.25) is 0 Å². The van der Waals surface area contributed by atoms with Crippen molar-refractivity contribution in [1.82, 2.24) is 15.0 Å². The van der Waals surface area contributed by atoms with Crippen molar-refractivity contribution in [2.45, 2.75) is 13.8 Å². The van der Waals surface area contributed by atoms with Gasteiger partial charge < -0.3 is 5.73 Å². The lowest BCUT2D eigenvalue weighted by atomic mass is 9.96. The molecule has 6 heteroatoms. The van der Waals surface area contributed by atoms with Crippen molar-refractivity contribution in [3.63, 3.8) is 0 Å². The number of pyridine rings is 1. The predicted octanol–water partition coefficient (Wildman–Crippen LogP) is 5.11. The number of benzene rings is 2. The highest BCUT2D eigenvalue weighted by molar-refractivity contribution is 6.02. The minimum absolute atomic E-state index is 0.287. The molecule has 2 aromatic carbocycles. The summed E-state index contributed by atoms with van der Waals surface area (Å²) in [6, 6.07) is 12.2. The third-order valence-electron chi connectivity index (χ3n) is 4.52. The lowest BCUT2D eigenvalue weighted by molar-refractivity contribution is 0.628. The summed E-state index contributed by atoms with van der Waals surface area (Å²) in [6.07, 6.45) is 4.98. The molecule has 138 valence electrons. The lowest BCUT2D eigenvalue weighted by Crippen LogP contribution is -2.01. The van der Waals surface area contributed by atoms with E-state index in [0.29, 0.717) is 16.7 Å². The SMILES string of the molecule is C/C=N\c1ccc(-c2c(-c3ccc(F)cc3)nc(N)c3nccnc23)cc1C. The summed E-state index contributed by atoms with van der Waals surface area (Å²) in [6.45, 7) is 3.88. The van der Waals surface area contributed by atoms with Gasteiger partial charge in [0.2, 0.25) is 0 Å². The standard InChI is InChI=1S/C22H18FN5/c1-3-25-17-9-6-15(12-13(17)2)18-19(14-4-7-16(23)8-5-14)28-22(24)21-20(18)26-10-11-27-21/h3-12H,1-2H3,(H2,24,28)/b25-3-. The molecule has 0 radical (unpaired) electrons. The number of nitrogens with zero attached hydrogens (tertiary/aromatic N) is 4. The zero-order chi connectivity index (χ0) is 19.7. The zero-order valence-corrected chi connectivity index (χ0v) is 15.5. The Morgan fingerprint density at radius 2 is 1.64 bits per heavy atom. The fourth-order valence-electron chi connectivity index (χ4n) is 3.23. The second-order valence-corrected chi connectivity index (χ2v) is 6.37. The van der Waals surface area contributed by atoms with E-state index in [9.17, 15) is 4.39 Å². The number of aliphatic imine (C=N–C) groups is 1. The van der Waals surface area contributed by atoms with Gasteiger partial charge in [0.25, 0.3) is 0 Å². The molecule has 0 bridgehead atoms. The molecule has 0 saturated heterocycles. The van der Waals surface area contributed by atoms with Gasteiger partial charge in [-0.05, 0) is 61.4 Å². The molecule has 4 aromatic rings. The van der Waals surface area contributed by atoms with Crippen molar-refractivity contribution < 1.29 is 4.39 Å². The number of hydrogen-bond acceptors (Lipinski definition) is 5. The van der Waals surface area contributed by atoms with E-state index in [0.717, 1.165) is 27.9 Å². The Morgan fingerprint density at radius 3 is 2.32 bits per heavy atom. The van der Waals surface area contributed by atoms with Crippen molar-refractivity contribution in [1.29, 1.82) is 0 Å². The number of anilines is 1. The fourth-order valence-corrected chi connectivity index (χ4v) is 3.23. The maximum absolute atomic E-state index is 13.4. The van der Waals surface area contributed by atoms with Gasteiger partial charge >= 0.3 is 0 Å². The van der Waals surface area contributed by atoms with E-state index in [2.05, 4.69) is 19.9 Å². The van der Waals surface area contributed by atoms with Gasteiger partial charge in [-0.2, -0.15) is 0 Å². The van der Waals surface area contributed by atoms with Crippen LogP contribution in [0.25, 0.3) is 33.4 Å². The molecular weight excluding hydrogens is 353 g/mol. The molecule has 4 rings (SSSR count). The smallest absolute Gasteiger partial charge is 0.152 e. The van der Waals surface area contributed by atoms with Crippen molar-refractivity contribution >= 4 is 28.8 Å². The van der Waals surface area contributed by atoms with Crippen LogP contribution < -0.4 is 5.73 Å². The molecule has 0 spiro atoms. The highest BCUT2D eigenvalue weighted by Gasteiger charge is 2.18. The third kappa shape index (κ3) is 3.09. The van der Waals surface area contributed by atoms with Crippen LogP contribution in [0.15, 0.2) is 59.9 Å². The molecule has 5 nitrogen and oxygen atoms in total. The third-order valence-corrected chi connectivity index (χ3v) is 4.52. The summed E-state index contributed by atoms with van der Waals surface area (Å²) in [5, 5.41) is 0. The Morgan fingerprint density at radius 1 is 0.964 bits per heavy atom. The Labute approximate surface area is 161 Å². The minimum atomic E-state index is -0.309. The van der Waals surface area contributed by atoms with Gasteiger partial charge in [-0.1, -0.05) is 6.07 Å². The monoisotopic (exact) mass is 371 g/mol. The first-order chi connectivity index (χ1) is 13.6. The van der Waals surface area contributed by atoms with Crippen molar-refractivity contribution in [3.8, 4) is 22.4 Å². The molecule has 0 aliphatic rings. The van der Waals surface area contributed by atoms with Gasteiger partial charge in [0, 0.05) is 29.7 Å². The summed E-state index contributed by atoms with van der Waals surface area (Å²) < 4.78 is 13.4. The first-order valence-corrected chi connectivity index (χ1v) is 8.84. The maximum atomic E-state index is 13.4. The summed E-state index contributed by atoms with van der Waals surface area (Å²) >= 11 is 0. The van der Waals surface area contributed by atoms with Crippen LogP contribution in [0.1, 0.15) is 12.5 Å².